The van der Waals surface area contributed by atoms with Crippen LogP contribution in [0.2, 0.25) is 0 Å². The van der Waals surface area contributed by atoms with Gasteiger partial charge in [0.2, 0.25) is 0 Å². The molecule has 0 saturated carbocycles. The maximum absolute atomic E-state index is 11.3. The van der Waals surface area contributed by atoms with Crippen LogP contribution in [-0.4, -0.2) is 32.7 Å². The fourth-order valence-electron chi connectivity index (χ4n) is 2.05. The maximum Gasteiger partial charge on any atom is 0.358 e. The molecule has 118 valence electrons. The van der Waals surface area contributed by atoms with E-state index in [9.17, 15) is 9.90 Å². The molecule has 0 fully saturated rings. The number of nitrogen functional groups attached to an aromatic ring is 1. The zero-order chi connectivity index (χ0) is 16.3. The summed E-state index contributed by atoms with van der Waals surface area (Å²) in [6.07, 6.45) is 0. The molecule has 1 heterocycles. The third-order valence-corrected chi connectivity index (χ3v) is 3.09. The minimum atomic E-state index is -1.12. The molecule has 7 heteroatoms. The molecule has 2 aromatic rings. The first-order valence-electron chi connectivity index (χ1n) is 7.13. The largest absolute Gasteiger partial charge is 0.491 e. The molecule has 0 bridgehead atoms. The van der Waals surface area contributed by atoms with Crippen LogP contribution in [0.1, 0.15) is 31.3 Å². The summed E-state index contributed by atoms with van der Waals surface area (Å²) < 4.78 is 7.16. The Kier molecular flexibility index (Phi) is 4.65. The van der Waals surface area contributed by atoms with E-state index < -0.39 is 5.97 Å². The van der Waals surface area contributed by atoms with Gasteiger partial charge in [-0.05, 0) is 31.0 Å². The van der Waals surface area contributed by atoms with Crippen LogP contribution in [0.3, 0.4) is 0 Å². The van der Waals surface area contributed by atoms with E-state index in [0.29, 0.717) is 41.8 Å². The van der Waals surface area contributed by atoms with Gasteiger partial charge in [0.25, 0.3) is 0 Å². The molecule has 7 nitrogen and oxygen atoms in total. The number of hydrogen-bond acceptors (Lipinski definition) is 5. The van der Waals surface area contributed by atoms with Crippen molar-refractivity contribution in [2.75, 3.05) is 12.3 Å². The molecule has 0 aliphatic heterocycles. The van der Waals surface area contributed by atoms with Gasteiger partial charge in [-0.3, -0.25) is 0 Å². The predicted octanol–water partition coefficient (Wildman–Crippen LogP) is 2.28. The lowest BCUT2D eigenvalue weighted by atomic mass is 10.1. The van der Waals surface area contributed by atoms with E-state index in [0.717, 1.165) is 0 Å². The number of aromatic carboxylic acids is 1. The summed E-state index contributed by atoms with van der Waals surface area (Å²) in [5, 5.41) is 16.8. The lowest BCUT2D eigenvalue weighted by molar-refractivity contribution is 0.0691. The van der Waals surface area contributed by atoms with Crippen molar-refractivity contribution in [3.8, 4) is 17.0 Å². The van der Waals surface area contributed by atoms with Gasteiger partial charge in [0.15, 0.2) is 5.69 Å². The number of aryl methyl sites for hydroxylation is 1. The number of carbonyl (C=O) groups is 1. The molecular weight excluding hydrogens is 284 g/mol. The van der Waals surface area contributed by atoms with E-state index in [1.807, 2.05) is 6.92 Å². The number of nitrogens with zero attached hydrogens (tertiary/aromatic N) is 3. The molecule has 0 amide bonds. The van der Waals surface area contributed by atoms with Gasteiger partial charge in [0, 0.05) is 12.1 Å². The van der Waals surface area contributed by atoms with Crippen LogP contribution in [0.5, 0.6) is 5.75 Å². The topological polar surface area (TPSA) is 103 Å². The van der Waals surface area contributed by atoms with Crippen LogP contribution in [0.25, 0.3) is 11.3 Å². The van der Waals surface area contributed by atoms with E-state index in [1.54, 1.807) is 18.2 Å². The van der Waals surface area contributed by atoms with Gasteiger partial charge in [-0.2, -0.15) is 0 Å². The summed E-state index contributed by atoms with van der Waals surface area (Å²) >= 11 is 0. The van der Waals surface area contributed by atoms with Crippen LogP contribution >= 0.6 is 0 Å². The molecule has 0 radical (unpaired) electrons. The molecule has 0 saturated heterocycles. The number of hydrogen-bond donors (Lipinski definition) is 2. The Labute approximate surface area is 128 Å². The van der Waals surface area contributed by atoms with Crippen molar-refractivity contribution in [1.82, 2.24) is 15.0 Å². The second-order valence-electron chi connectivity index (χ2n) is 5.37. The Balaban J connectivity index is 2.40. The van der Waals surface area contributed by atoms with Gasteiger partial charge in [-0.15, -0.1) is 5.10 Å². The molecule has 1 aromatic carbocycles. The number of nitrogens with two attached hydrogens (primary N) is 1. The summed E-state index contributed by atoms with van der Waals surface area (Å²) in [6, 6.07) is 5.20. The second-order valence-corrected chi connectivity index (χ2v) is 5.37. The lowest BCUT2D eigenvalue weighted by Gasteiger charge is -2.12. The highest BCUT2D eigenvalue weighted by Gasteiger charge is 2.20. The summed E-state index contributed by atoms with van der Waals surface area (Å²) in [6.45, 7) is 7.05. The van der Waals surface area contributed by atoms with E-state index in [-0.39, 0.29) is 5.69 Å². The maximum atomic E-state index is 11.3. The van der Waals surface area contributed by atoms with Crippen LogP contribution in [-0.2, 0) is 6.54 Å². The highest BCUT2D eigenvalue weighted by molar-refractivity contribution is 5.93. The quantitative estimate of drug-likeness (QED) is 0.793. The Morgan fingerprint density at radius 2 is 2.18 bits per heavy atom. The average Bonchev–Trinajstić information content (AvgIpc) is 2.89. The van der Waals surface area contributed by atoms with E-state index >= 15 is 0 Å². The summed E-state index contributed by atoms with van der Waals surface area (Å²) in [7, 11) is 0. The Bertz CT molecular complexity index is 679. The monoisotopic (exact) mass is 304 g/mol. The average molecular weight is 304 g/mol. The highest BCUT2D eigenvalue weighted by Crippen LogP contribution is 2.30. The molecule has 3 N–H and O–H groups in total. The predicted molar refractivity (Wildman–Crippen MR) is 82.8 cm³/mol. The normalized spacial score (nSPS) is 10.9. The molecule has 0 aliphatic carbocycles. The van der Waals surface area contributed by atoms with Crippen molar-refractivity contribution in [3.05, 3.63) is 23.9 Å². The number of carboxylic acids is 1. The van der Waals surface area contributed by atoms with Crippen molar-refractivity contribution in [2.45, 2.75) is 27.3 Å². The minimum absolute atomic E-state index is 0.0860. The lowest BCUT2D eigenvalue weighted by Crippen LogP contribution is -2.07. The molecule has 0 aliphatic rings. The standard InChI is InChI=1S/C15H20N4O3/c1-4-19-14(13(15(20)21)17-18-19)10-5-6-12(11(16)7-10)22-8-9(2)3/h5-7,9H,4,8,16H2,1-3H3,(H,20,21). The third-order valence-electron chi connectivity index (χ3n) is 3.09. The van der Waals surface area contributed by atoms with Crippen molar-refractivity contribution in [1.29, 1.82) is 0 Å². The summed E-state index contributed by atoms with van der Waals surface area (Å²) in [5.74, 6) is -0.137. The zero-order valence-electron chi connectivity index (χ0n) is 12.9. The van der Waals surface area contributed by atoms with E-state index in [4.69, 9.17) is 10.5 Å². The summed E-state index contributed by atoms with van der Waals surface area (Å²) in [5.41, 5.74) is 7.47. The van der Waals surface area contributed by atoms with Crippen molar-refractivity contribution in [3.63, 3.8) is 0 Å². The smallest absolute Gasteiger partial charge is 0.358 e. The van der Waals surface area contributed by atoms with Crippen LogP contribution in [0.4, 0.5) is 5.69 Å². The fourth-order valence-corrected chi connectivity index (χ4v) is 2.05. The van der Waals surface area contributed by atoms with Gasteiger partial charge in [0.1, 0.15) is 11.4 Å². The Hall–Kier alpha value is -2.57. The van der Waals surface area contributed by atoms with Crippen molar-refractivity contribution < 1.29 is 14.6 Å². The Morgan fingerprint density at radius 3 is 2.73 bits per heavy atom. The van der Waals surface area contributed by atoms with Crippen LogP contribution < -0.4 is 10.5 Å². The Morgan fingerprint density at radius 1 is 1.45 bits per heavy atom. The molecule has 0 atom stereocenters. The molecule has 1 aromatic heterocycles. The minimum Gasteiger partial charge on any atom is -0.491 e. The van der Waals surface area contributed by atoms with Crippen LogP contribution in [0.15, 0.2) is 18.2 Å². The zero-order valence-corrected chi connectivity index (χ0v) is 12.9. The second kappa shape index (κ2) is 6.46. The summed E-state index contributed by atoms with van der Waals surface area (Å²) in [4.78, 5) is 11.3. The number of rotatable bonds is 6. The molecule has 0 spiro atoms. The van der Waals surface area contributed by atoms with Gasteiger partial charge in [-0.1, -0.05) is 19.1 Å². The van der Waals surface area contributed by atoms with Gasteiger partial charge in [-0.25, -0.2) is 9.48 Å². The van der Waals surface area contributed by atoms with Crippen LogP contribution in [0, 0.1) is 5.92 Å². The molecule has 22 heavy (non-hydrogen) atoms. The van der Waals surface area contributed by atoms with Crippen molar-refractivity contribution in [2.24, 2.45) is 5.92 Å². The number of anilines is 1. The fraction of sp³-hybridized carbons (Fsp3) is 0.400. The molecule has 0 unspecified atom stereocenters. The first kappa shape index (κ1) is 15.8. The van der Waals surface area contributed by atoms with E-state index in [2.05, 4.69) is 24.2 Å². The van der Waals surface area contributed by atoms with Gasteiger partial charge < -0.3 is 15.6 Å². The van der Waals surface area contributed by atoms with Gasteiger partial charge in [0.05, 0.1) is 12.3 Å². The number of benzene rings is 1. The van der Waals surface area contributed by atoms with Gasteiger partial charge >= 0.3 is 5.97 Å². The highest BCUT2D eigenvalue weighted by atomic mass is 16.5. The molecular formula is C15H20N4O3. The first-order chi connectivity index (χ1) is 10.4. The number of ether oxygens (including phenoxy) is 1. The molecule has 2 rings (SSSR count). The number of carboxylic acid groups (broad SMARTS) is 1. The van der Waals surface area contributed by atoms with Crippen molar-refractivity contribution >= 4 is 11.7 Å². The SMILES string of the molecule is CCn1nnc(C(=O)O)c1-c1ccc(OCC(C)C)c(N)c1. The number of aromatic nitrogens is 3. The first-order valence-corrected chi connectivity index (χ1v) is 7.13. The van der Waals surface area contributed by atoms with E-state index in [1.165, 1.54) is 4.68 Å². The third kappa shape index (κ3) is 3.19.